The van der Waals surface area contributed by atoms with Crippen LogP contribution in [0.4, 0.5) is 11.4 Å². The number of nitrogens with two attached hydrogens (primary N) is 1. The van der Waals surface area contributed by atoms with Crippen molar-refractivity contribution in [1.82, 2.24) is 14.8 Å². The molecule has 0 unspecified atom stereocenters. The number of nitrogen functional groups attached to an aromatic ring is 1. The zero-order chi connectivity index (χ0) is 19.4. The fraction of sp³-hybridized carbons (Fsp3) is 0.167. The van der Waals surface area contributed by atoms with E-state index in [0.717, 1.165) is 5.56 Å². The topological polar surface area (TPSA) is 117 Å². The number of nitro benzene ring substituents is 1. The van der Waals surface area contributed by atoms with E-state index in [1.165, 1.54) is 36.0 Å². The highest BCUT2D eigenvalue weighted by Crippen LogP contribution is 2.25. The third-order valence-electron chi connectivity index (χ3n) is 3.93. The van der Waals surface area contributed by atoms with Crippen molar-refractivity contribution in [2.75, 3.05) is 11.5 Å². The lowest BCUT2D eigenvalue weighted by atomic mass is 10.1. The van der Waals surface area contributed by atoms with Crippen molar-refractivity contribution >= 4 is 28.9 Å². The maximum Gasteiger partial charge on any atom is 0.269 e. The molecule has 0 aliphatic rings. The van der Waals surface area contributed by atoms with Crippen LogP contribution in [0.3, 0.4) is 0 Å². The normalized spacial score (nSPS) is 10.7. The summed E-state index contributed by atoms with van der Waals surface area (Å²) in [5.41, 5.74) is 7.67. The summed E-state index contributed by atoms with van der Waals surface area (Å²) in [7, 11) is 0. The number of carbonyl (C=O) groups excluding carboxylic acids is 1. The van der Waals surface area contributed by atoms with Gasteiger partial charge in [-0.25, -0.2) is 0 Å². The van der Waals surface area contributed by atoms with Crippen molar-refractivity contribution in [3.63, 3.8) is 0 Å². The van der Waals surface area contributed by atoms with Crippen molar-refractivity contribution in [2.45, 2.75) is 18.6 Å². The van der Waals surface area contributed by atoms with E-state index in [2.05, 4.69) is 10.2 Å². The highest BCUT2D eigenvalue weighted by molar-refractivity contribution is 7.99. The summed E-state index contributed by atoms with van der Waals surface area (Å²) in [5, 5.41) is 19.8. The molecule has 0 aliphatic heterocycles. The lowest BCUT2D eigenvalue weighted by Crippen LogP contribution is -2.05. The number of nitro groups is 1. The summed E-state index contributed by atoms with van der Waals surface area (Å²) in [5.74, 6) is 0.745. The molecule has 0 fully saturated rings. The summed E-state index contributed by atoms with van der Waals surface area (Å²) in [6.45, 7) is 2.63. The number of ketones is 1. The molecule has 0 radical (unpaired) electrons. The van der Waals surface area contributed by atoms with Crippen LogP contribution in [-0.4, -0.2) is 31.2 Å². The largest absolute Gasteiger partial charge is 0.399 e. The van der Waals surface area contributed by atoms with Gasteiger partial charge in [0.2, 0.25) is 0 Å². The molecule has 27 heavy (non-hydrogen) atoms. The van der Waals surface area contributed by atoms with Crippen molar-refractivity contribution in [3.8, 4) is 11.4 Å². The molecular weight excluding hydrogens is 366 g/mol. The lowest BCUT2D eigenvalue weighted by molar-refractivity contribution is -0.384. The maximum absolute atomic E-state index is 12.4. The first kappa shape index (κ1) is 18.6. The molecule has 1 aromatic heterocycles. The Morgan fingerprint density at radius 2 is 1.81 bits per heavy atom. The van der Waals surface area contributed by atoms with E-state index in [4.69, 9.17) is 5.73 Å². The third kappa shape index (κ3) is 4.14. The van der Waals surface area contributed by atoms with Gasteiger partial charge in [0.25, 0.3) is 5.69 Å². The summed E-state index contributed by atoms with van der Waals surface area (Å²) in [4.78, 5) is 22.5. The highest BCUT2D eigenvalue weighted by atomic mass is 32.2. The van der Waals surface area contributed by atoms with Gasteiger partial charge in [-0.1, -0.05) is 11.8 Å². The van der Waals surface area contributed by atoms with Gasteiger partial charge in [0.1, 0.15) is 0 Å². The van der Waals surface area contributed by atoms with E-state index in [9.17, 15) is 14.9 Å². The Bertz CT molecular complexity index is 968. The van der Waals surface area contributed by atoms with Crippen molar-refractivity contribution in [1.29, 1.82) is 0 Å². The van der Waals surface area contributed by atoms with E-state index in [-0.39, 0.29) is 17.2 Å². The van der Waals surface area contributed by atoms with Crippen LogP contribution in [0.5, 0.6) is 0 Å². The molecule has 0 aliphatic carbocycles. The summed E-state index contributed by atoms with van der Waals surface area (Å²) >= 11 is 1.28. The molecule has 0 amide bonds. The minimum Gasteiger partial charge on any atom is -0.399 e. The average Bonchev–Trinajstić information content (AvgIpc) is 3.09. The number of hydrogen-bond donors (Lipinski definition) is 1. The van der Waals surface area contributed by atoms with Crippen molar-refractivity contribution in [3.05, 3.63) is 64.2 Å². The highest BCUT2D eigenvalue weighted by Gasteiger charge is 2.16. The monoisotopic (exact) mass is 383 g/mol. The fourth-order valence-corrected chi connectivity index (χ4v) is 3.41. The molecule has 8 nitrogen and oxygen atoms in total. The second-order valence-electron chi connectivity index (χ2n) is 5.69. The van der Waals surface area contributed by atoms with Gasteiger partial charge in [-0.3, -0.25) is 14.9 Å². The van der Waals surface area contributed by atoms with Crippen LogP contribution in [0, 0.1) is 10.1 Å². The standard InChI is InChI=1S/C18H17N5O3S/c1-2-22-17(13-3-7-14(19)8-4-13)20-21-18(22)27-11-16(24)12-5-9-15(10-6-12)23(25)26/h3-10H,2,11,19H2,1H3. The Morgan fingerprint density at radius 1 is 1.15 bits per heavy atom. The zero-order valence-electron chi connectivity index (χ0n) is 14.5. The fourth-order valence-electron chi connectivity index (χ4n) is 2.51. The van der Waals surface area contributed by atoms with Crippen LogP contribution in [0.1, 0.15) is 17.3 Å². The first-order chi connectivity index (χ1) is 13.0. The number of rotatable bonds is 7. The van der Waals surface area contributed by atoms with Crippen molar-refractivity contribution in [2.24, 2.45) is 0 Å². The van der Waals surface area contributed by atoms with E-state index in [1.807, 2.05) is 23.6 Å². The molecule has 9 heteroatoms. The number of anilines is 1. The lowest BCUT2D eigenvalue weighted by Gasteiger charge is -2.07. The number of thioether (sulfide) groups is 1. The van der Waals surface area contributed by atoms with Crippen LogP contribution in [0.15, 0.2) is 53.7 Å². The maximum atomic E-state index is 12.4. The minimum atomic E-state index is -0.495. The third-order valence-corrected chi connectivity index (χ3v) is 4.90. The van der Waals surface area contributed by atoms with Crippen LogP contribution in [0.2, 0.25) is 0 Å². The van der Waals surface area contributed by atoms with Gasteiger partial charge >= 0.3 is 0 Å². The van der Waals surface area contributed by atoms with Gasteiger partial charge in [0, 0.05) is 35.5 Å². The van der Waals surface area contributed by atoms with Gasteiger partial charge in [0.05, 0.1) is 10.7 Å². The first-order valence-electron chi connectivity index (χ1n) is 8.19. The van der Waals surface area contributed by atoms with E-state index in [1.54, 1.807) is 12.1 Å². The predicted molar refractivity (Wildman–Crippen MR) is 104 cm³/mol. The van der Waals surface area contributed by atoms with Crippen molar-refractivity contribution < 1.29 is 9.72 Å². The Morgan fingerprint density at radius 3 is 2.41 bits per heavy atom. The Balaban J connectivity index is 1.73. The van der Waals surface area contributed by atoms with E-state index < -0.39 is 4.92 Å². The Hall–Kier alpha value is -3.20. The predicted octanol–water partition coefficient (Wildman–Crippen LogP) is 3.43. The Labute approximate surface area is 159 Å². The summed E-state index contributed by atoms with van der Waals surface area (Å²) < 4.78 is 1.93. The molecule has 0 bridgehead atoms. The average molecular weight is 383 g/mol. The van der Waals surface area contributed by atoms with Gasteiger partial charge in [-0.05, 0) is 43.3 Å². The molecule has 138 valence electrons. The molecule has 0 atom stereocenters. The molecule has 3 rings (SSSR count). The van der Waals surface area contributed by atoms with Gasteiger partial charge < -0.3 is 10.3 Å². The first-order valence-corrected chi connectivity index (χ1v) is 9.17. The molecule has 0 saturated heterocycles. The number of non-ortho nitro benzene ring substituents is 1. The van der Waals surface area contributed by atoms with Crippen LogP contribution >= 0.6 is 11.8 Å². The number of carbonyl (C=O) groups is 1. The van der Waals surface area contributed by atoms with E-state index >= 15 is 0 Å². The molecule has 3 aromatic rings. The summed E-state index contributed by atoms with van der Waals surface area (Å²) in [6, 6.07) is 12.9. The summed E-state index contributed by atoms with van der Waals surface area (Å²) in [6.07, 6.45) is 0. The molecular formula is C18H17N5O3S. The second kappa shape index (κ2) is 8.00. The molecule has 0 spiro atoms. The van der Waals surface area contributed by atoms with Gasteiger partial charge in [-0.15, -0.1) is 10.2 Å². The van der Waals surface area contributed by atoms with Crippen LogP contribution in [-0.2, 0) is 6.54 Å². The number of hydrogen-bond acceptors (Lipinski definition) is 7. The minimum absolute atomic E-state index is 0.0435. The van der Waals surface area contributed by atoms with E-state index in [0.29, 0.717) is 28.8 Å². The second-order valence-corrected chi connectivity index (χ2v) is 6.63. The molecule has 2 aromatic carbocycles. The molecule has 0 saturated carbocycles. The quantitative estimate of drug-likeness (QED) is 0.218. The Kier molecular flexibility index (Phi) is 5.51. The molecule has 1 heterocycles. The van der Waals surface area contributed by atoms with Crippen LogP contribution in [0.25, 0.3) is 11.4 Å². The molecule has 2 N–H and O–H groups in total. The van der Waals surface area contributed by atoms with Gasteiger partial charge in [0.15, 0.2) is 16.8 Å². The van der Waals surface area contributed by atoms with Crippen LogP contribution < -0.4 is 5.73 Å². The number of Topliss-reactive ketones (excluding diaryl/α,β-unsaturated/α-hetero) is 1. The SMILES string of the molecule is CCn1c(SCC(=O)c2ccc([N+](=O)[O-])cc2)nnc1-c1ccc(N)cc1. The zero-order valence-corrected chi connectivity index (χ0v) is 15.3. The number of benzene rings is 2. The smallest absolute Gasteiger partial charge is 0.269 e. The number of aromatic nitrogens is 3. The van der Waals surface area contributed by atoms with Gasteiger partial charge in [-0.2, -0.15) is 0 Å². The number of nitrogens with zero attached hydrogens (tertiary/aromatic N) is 4.